The van der Waals surface area contributed by atoms with Gasteiger partial charge in [0.25, 0.3) is 0 Å². The van der Waals surface area contributed by atoms with E-state index in [9.17, 15) is 0 Å². The van der Waals surface area contributed by atoms with Crippen molar-refractivity contribution in [1.82, 2.24) is 20.0 Å². The predicted octanol–water partition coefficient (Wildman–Crippen LogP) is 4.68. The molecule has 4 heterocycles. The zero-order valence-corrected chi connectivity index (χ0v) is 22.0. The highest BCUT2D eigenvalue weighted by Gasteiger charge is 2.26. The lowest BCUT2D eigenvalue weighted by atomic mass is 9.91. The molecule has 0 aromatic heterocycles. The van der Waals surface area contributed by atoms with E-state index in [0.29, 0.717) is 5.92 Å². The van der Waals surface area contributed by atoms with E-state index in [1.165, 1.54) is 97.3 Å². The Hall–Kier alpha value is -1.02. The summed E-state index contributed by atoms with van der Waals surface area (Å²) in [5, 5.41) is 3.42. The van der Waals surface area contributed by atoms with Gasteiger partial charge in [-0.25, -0.2) is 0 Å². The van der Waals surface area contributed by atoms with E-state index in [2.05, 4.69) is 45.1 Å². The van der Waals surface area contributed by atoms with Crippen LogP contribution in [0.3, 0.4) is 0 Å². The van der Waals surface area contributed by atoms with Gasteiger partial charge in [-0.15, -0.1) is 6.42 Å². The van der Waals surface area contributed by atoms with Crippen LogP contribution in [0.4, 0.5) is 0 Å². The molecular weight excluding hydrogens is 404 g/mol. The molecule has 0 amide bonds. The van der Waals surface area contributed by atoms with Crippen molar-refractivity contribution in [3.8, 4) is 12.3 Å². The van der Waals surface area contributed by atoms with Crippen molar-refractivity contribution in [2.45, 2.75) is 78.2 Å². The first-order valence-corrected chi connectivity index (χ1v) is 14.2. The maximum atomic E-state index is 5.60. The fourth-order valence-electron chi connectivity index (χ4n) is 6.10. The van der Waals surface area contributed by atoms with E-state index in [0.717, 1.165) is 30.7 Å². The van der Waals surface area contributed by atoms with Crippen LogP contribution in [-0.2, 0) is 0 Å². The molecule has 4 rings (SSSR count). The van der Waals surface area contributed by atoms with Gasteiger partial charge in [-0.3, -0.25) is 0 Å². The van der Waals surface area contributed by atoms with E-state index in [1.54, 1.807) is 0 Å². The Morgan fingerprint density at radius 2 is 1.36 bits per heavy atom. The zero-order chi connectivity index (χ0) is 23.5. The molecule has 0 radical (unpaired) electrons. The standard InChI is InChI=1S/C27H46N4.C2H6/c1-3-27-20-24(4-12-28-27)7-15-29-16-8-25(9-17-29)22-31-18-10-26(11-19-31)21-30-13-5-23(2)6-14-30;1-2/h1,7,15,23-28H,4-6,8-14,16-22H2,2H3;1-2H3. The second kappa shape index (κ2) is 14.4. The molecule has 33 heavy (non-hydrogen) atoms. The molecule has 0 bridgehead atoms. The first-order valence-electron chi connectivity index (χ1n) is 14.2. The molecule has 0 aromatic carbocycles. The number of hydrogen-bond acceptors (Lipinski definition) is 4. The van der Waals surface area contributed by atoms with Crippen LogP contribution in [0.5, 0.6) is 0 Å². The summed E-state index contributed by atoms with van der Waals surface area (Å²) in [5.41, 5.74) is 0. The lowest BCUT2D eigenvalue weighted by Crippen LogP contribution is -2.43. The minimum Gasteiger partial charge on any atom is -0.378 e. The van der Waals surface area contributed by atoms with Crippen molar-refractivity contribution in [3.05, 3.63) is 12.3 Å². The number of likely N-dealkylation sites (tertiary alicyclic amines) is 3. The number of hydrogen-bond donors (Lipinski definition) is 1. The number of terminal acetylenes is 1. The van der Waals surface area contributed by atoms with Crippen molar-refractivity contribution in [3.63, 3.8) is 0 Å². The summed E-state index contributed by atoms with van der Waals surface area (Å²) in [6, 6.07) is 0.266. The average Bonchev–Trinajstić information content (AvgIpc) is 2.87. The first-order chi connectivity index (χ1) is 16.2. The number of rotatable bonds is 6. The molecule has 4 aliphatic heterocycles. The molecule has 188 valence electrons. The van der Waals surface area contributed by atoms with Gasteiger partial charge < -0.3 is 20.0 Å². The molecule has 2 atom stereocenters. The van der Waals surface area contributed by atoms with Crippen molar-refractivity contribution in [1.29, 1.82) is 0 Å². The van der Waals surface area contributed by atoms with Gasteiger partial charge in [-0.05, 0) is 114 Å². The molecule has 0 spiro atoms. The summed E-state index contributed by atoms with van der Waals surface area (Å²) in [4.78, 5) is 8.08. The highest BCUT2D eigenvalue weighted by atomic mass is 15.2. The molecule has 4 nitrogen and oxygen atoms in total. The lowest BCUT2D eigenvalue weighted by molar-refractivity contribution is 0.102. The molecule has 0 aromatic rings. The molecule has 1 N–H and O–H groups in total. The van der Waals surface area contributed by atoms with Gasteiger partial charge in [0, 0.05) is 26.2 Å². The van der Waals surface area contributed by atoms with Crippen LogP contribution in [0.15, 0.2) is 12.3 Å². The molecule has 4 heteroatoms. The van der Waals surface area contributed by atoms with Crippen LogP contribution in [0.1, 0.15) is 72.1 Å². The lowest BCUT2D eigenvalue weighted by Gasteiger charge is -2.39. The predicted molar refractivity (Wildman–Crippen MR) is 142 cm³/mol. The van der Waals surface area contributed by atoms with Gasteiger partial charge >= 0.3 is 0 Å². The van der Waals surface area contributed by atoms with Crippen molar-refractivity contribution in [2.24, 2.45) is 23.7 Å². The normalized spacial score (nSPS) is 29.6. The van der Waals surface area contributed by atoms with Gasteiger partial charge in [-0.1, -0.05) is 32.8 Å². The number of nitrogens with zero attached hydrogens (tertiary/aromatic N) is 3. The van der Waals surface area contributed by atoms with Crippen LogP contribution in [0, 0.1) is 36.0 Å². The molecular formula is C29H52N4. The maximum Gasteiger partial charge on any atom is 0.0692 e. The van der Waals surface area contributed by atoms with Gasteiger partial charge in [0.05, 0.1) is 6.04 Å². The Labute approximate surface area is 205 Å². The second-order valence-electron chi connectivity index (χ2n) is 11.0. The average molecular weight is 457 g/mol. The Morgan fingerprint density at radius 1 is 0.818 bits per heavy atom. The van der Waals surface area contributed by atoms with E-state index in [1.807, 2.05) is 13.8 Å². The summed E-state index contributed by atoms with van der Waals surface area (Å²) in [5.74, 6) is 6.32. The maximum absolute atomic E-state index is 5.60. The van der Waals surface area contributed by atoms with E-state index in [-0.39, 0.29) is 6.04 Å². The van der Waals surface area contributed by atoms with Crippen LogP contribution in [-0.4, -0.2) is 79.6 Å². The van der Waals surface area contributed by atoms with Crippen LogP contribution >= 0.6 is 0 Å². The Kier molecular flexibility index (Phi) is 11.6. The fraction of sp³-hybridized carbons (Fsp3) is 0.862. The molecule has 2 unspecified atom stereocenters. The minimum absolute atomic E-state index is 0.266. The number of allylic oxidation sites excluding steroid dienone is 1. The van der Waals surface area contributed by atoms with Crippen LogP contribution in [0.2, 0.25) is 0 Å². The highest BCUT2D eigenvalue weighted by Crippen LogP contribution is 2.25. The molecule has 0 saturated carbocycles. The van der Waals surface area contributed by atoms with Crippen LogP contribution in [0.25, 0.3) is 0 Å². The molecule has 4 fully saturated rings. The molecule has 4 aliphatic rings. The molecule has 4 saturated heterocycles. The minimum atomic E-state index is 0.266. The third-order valence-corrected chi connectivity index (χ3v) is 8.48. The summed E-state index contributed by atoms with van der Waals surface area (Å²) >= 11 is 0. The van der Waals surface area contributed by atoms with Crippen molar-refractivity contribution < 1.29 is 0 Å². The van der Waals surface area contributed by atoms with Gasteiger partial charge in [0.2, 0.25) is 0 Å². The highest BCUT2D eigenvalue weighted by molar-refractivity contribution is 5.05. The zero-order valence-electron chi connectivity index (χ0n) is 22.0. The topological polar surface area (TPSA) is 21.8 Å². The van der Waals surface area contributed by atoms with Crippen LogP contribution < -0.4 is 5.32 Å². The fourth-order valence-corrected chi connectivity index (χ4v) is 6.10. The van der Waals surface area contributed by atoms with E-state index >= 15 is 0 Å². The summed E-state index contributed by atoms with van der Waals surface area (Å²) in [6.45, 7) is 18.0. The van der Waals surface area contributed by atoms with E-state index < -0.39 is 0 Å². The van der Waals surface area contributed by atoms with E-state index in [4.69, 9.17) is 6.42 Å². The largest absolute Gasteiger partial charge is 0.378 e. The molecule has 0 aliphatic carbocycles. The van der Waals surface area contributed by atoms with Gasteiger partial charge in [0.1, 0.15) is 0 Å². The smallest absolute Gasteiger partial charge is 0.0692 e. The second-order valence-corrected chi connectivity index (χ2v) is 11.0. The SMILES string of the molecule is C#CC1CC(C=CN2CCC(CN3CCC(CN4CCC(C)CC4)CC3)CC2)CCN1.CC. The Bertz CT molecular complexity index is 587. The van der Waals surface area contributed by atoms with Gasteiger partial charge in [-0.2, -0.15) is 0 Å². The number of nitrogens with one attached hydrogen (secondary N) is 1. The monoisotopic (exact) mass is 456 g/mol. The Morgan fingerprint density at radius 3 is 1.94 bits per heavy atom. The third-order valence-electron chi connectivity index (χ3n) is 8.48. The van der Waals surface area contributed by atoms with Crippen molar-refractivity contribution >= 4 is 0 Å². The number of piperidine rings is 4. The third kappa shape index (κ3) is 8.93. The summed E-state index contributed by atoms with van der Waals surface area (Å²) < 4.78 is 0. The Balaban J connectivity index is 0.00000149. The van der Waals surface area contributed by atoms with Gasteiger partial charge in [0.15, 0.2) is 0 Å². The quantitative estimate of drug-likeness (QED) is 0.586. The summed E-state index contributed by atoms with van der Waals surface area (Å²) in [6.07, 6.45) is 21.1. The summed E-state index contributed by atoms with van der Waals surface area (Å²) in [7, 11) is 0. The first kappa shape index (κ1) is 26.6. The van der Waals surface area contributed by atoms with Crippen molar-refractivity contribution in [2.75, 3.05) is 58.9 Å².